The first-order valence-electron chi connectivity index (χ1n) is 8.26. The van der Waals surface area contributed by atoms with Gasteiger partial charge in [-0.2, -0.15) is 0 Å². The highest BCUT2D eigenvalue weighted by atomic mass is 16.3. The highest BCUT2D eigenvalue weighted by Gasteiger charge is 2.39. The summed E-state index contributed by atoms with van der Waals surface area (Å²) in [6, 6.07) is 0. The zero-order valence-electron chi connectivity index (χ0n) is 15.7. The van der Waals surface area contributed by atoms with Crippen molar-refractivity contribution in [3.63, 3.8) is 0 Å². The van der Waals surface area contributed by atoms with Crippen molar-refractivity contribution in [1.29, 1.82) is 0 Å². The molecule has 0 radical (unpaired) electrons. The Hall–Kier alpha value is -2.22. The van der Waals surface area contributed by atoms with Gasteiger partial charge >= 0.3 is 0 Å². The Kier molecular flexibility index (Phi) is 8.35. The zero-order chi connectivity index (χ0) is 21.5. The summed E-state index contributed by atoms with van der Waals surface area (Å²) in [6.45, 7) is -4.32. The van der Waals surface area contributed by atoms with Crippen LogP contribution in [0.5, 0.6) is 0 Å². The molecule has 0 aliphatic carbocycles. The lowest BCUT2D eigenvalue weighted by molar-refractivity contribution is -0.0257. The number of carbonyl (C=O) groups excluding carboxylic acids is 2. The van der Waals surface area contributed by atoms with Crippen molar-refractivity contribution < 1.29 is 40.2 Å². The maximum atomic E-state index is 12.6. The Morgan fingerprint density at radius 1 is 0.750 bits per heavy atom. The molecule has 0 bridgehead atoms. The second-order valence-electron chi connectivity index (χ2n) is 6.42. The average Bonchev–Trinajstić information content (AvgIpc) is 2.75. The summed E-state index contributed by atoms with van der Waals surface area (Å²) >= 11 is 0. The molecule has 1 aromatic rings. The predicted molar refractivity (Wildman–Crippen MR) is 94.2 cm³/mol. The van der Waals surface area contributed by atoms with Gasteiger partial charge in [-0.3, -0.25) is 14.6 Å². The quantitative estimate of drug-likeness (QED) is 0.225. The van der Waals surface area contributed by atoms with Crippen LogP contribution < -0.4 is 0 Å². The topological polar surface area (TPSA) is 188 Å². The van der Waals surface area contributed by atoms with Gasteiger partial charge in [0.2, 0.25) is 0 Å². The highest BCUT2D eigenvalue weighted by Crippen LogP contribution is 2.17. The monoisotopic (exact) mass is 402 g/mol. The van der Waals surface area contributed by atoms with Crippen LogP contribution in [0.25, 0.3) is 0 Å². The molecule has 0 aliphatic rings. The second kappa shape index (κ2) is 9.82. The number of rotatable bonds is 10. The van der Waals surface area contributed by atoms with E-state index in [2.05, 4.69) is 9.97 Å². The first kappa shape index (κ1) is 23.8. The fraction of sp³-hybridized carbons (Fsp3) is 0.625. The Morgan fingerprint density at radius 3 is 1.29 bits per heavy atom. The number of hydrogen-bond acceptors (Lipinski definition) is 10. The van der Waals surface area contributed by atoms with E-state index in [1.807, 2.05) is 0 Å². The molecule has 0 unspecified atom stereocenters. The lowest BCUT2D eigenvalue weighted by Crippen LogP contribution is -2.58. The molecule has 28 heavy (non-hydrogen) atoms. The Balaban J connectivity index is 3.22. The molecule has 12 nitrogen and oxygen atoms in total. The van der Waals surface area contributed by atoms with Crippen LogP contribution in [0.2, 0.25) is 0 Å². The van der Waals surface area contributed by atoms with Crippen molar-refractivity contribution in [2.45, 2.75) is 11.1 Å². The van der Waals surface area contributed by atoms with Crippen molar-refractivity contribution in [3.8, 4) is 0 Å². The van der Waals surface area contributed by atoms with Crippen molar-refractivity contribution >= 4 is 11.8 Å². The molecule has 6 N–H and O–H groups in total. The Bertz CT molecular complexity index is 609. The number of aliphatic hydroxyl groups excluding tert-OH is 6. The molecule has 0 saturated carbocycles. The number of likely N-dealkylation sites (N-methyl/N-ethyl adjacent to an activating group) is 2. The minimum Gasteiger partial charge on any atom is -0.394 e. The van der Waals surface area contributed by atoms with E-state index in [1.54, 1.807) is 0 Å². The van der Waals surface area contributed by atoms with Crippen LogP contribution in [0.15, 0.2) is 12.4 Å². The van der Waals surface area contributed by atoms with E-state index in [0.29, 0.717) is 0 Å². The summed E-state index contributed by atoms with van der Waals surface area (Å²) in [5.41, 5.74) is -3.89. The molecule has 0 atom stereocenters. The lowest BCUT2D eigenvalue weighted by atomic mass is 10.0. The van der Waals surface area contributed by atoms with Gasteiger partial charge in [0.15, 0.2) is 0 Å². The smallest absolute Gasteiger partial charge is 0.274 e. The lowest BCUT2D eigenvalue weighted by Gasteiger charge is -2.37. The van der Waals surface area contributed by atoms with Crippen LogP contribution in [0, 0.1) is 0 Å². The predicted octanol–water partition coefficient (Wildman–Crippen LogP) is -3.95. The summed E-state index contributed by atoms with van der Waals surface area (Å²) in [5, 5.41) is 56.7. The SMILES string of the molecule is CN(C(=O)c1cncc(C(=O)N(C)C(CO)(CO)CO)n1)C(CO)(CO)CO. The number of nitrogens with zero attached hydrogens (tertiary/aromatic N) is 4. The van der Waals surface area contributed by atoms with Crippen LogP contribution in [-0.2, 0) is 0 Å². The third-order valence-corrected chi connectivity index (χ3v) is 4.87. The maximum Gasteiger partial charge on any atom is 0.274 e. The van der Waals surface area contributed by atoms with Crippen molar-refractivity contribution in [1.82, 2.24) is 19.8 Å². The van der Waals surface area contributed by atoms with Crippen LogP contribution in [-0.4, -0.2) is 127 Å². The van der Waals surface area contributed by atoms with E-state index >= 15 is 0 Å². The largest absolute Gasteiger partial charge is 0.394 e. The zero-order valence-corrected chi connectivity index (χ0v) is 15.7. The van der Waals surface area contributed by atoms with Gasteiger partial charge in [-0.25, -0.2) is 4.98 Å². The summed E-state index contributed by atoms with van der Waals surface area (Å²) in [5.74, 6) is -1.64. The molecule has 0 aromatic carbocycles. The van der Waals surface area contributed by atoms with Gasteiger partial charge in [0.25, 0.3) is 11.8 Å². The van der Waals surface area contributed by atoms with E-state index < -0.39 is 62.5 Å². The van der Waals surface area contributed by atoms with Gasteiger partial charge in [-0.1, -0.05) is 0 Å². The number of carbonyl (C=O) groups is 2. The summed E-state index contributed by atoms with van der Waals surface area (Å²) < 4.78 is 0. The van der Waals surface area contributed by atoms with Gasteiger partial charge in [0, 0.05) is 14.1 Å². The van der Waals surface area contributed by atoms with Gasteiger partial charge in [-0.05, 0) is 0 Å². The van der Waals surface area contributed by atoms with Gasteiger partial charge in [-0.15, -0.1) is 0 Å². The van der Waals surface area contributed by atoms with Gasteiger partial charge < -0.3 is 40.4 Å². The maximum absolute atomic E-state index is 12.6. The highest BCUT2D eigenvalue weighted by molar-refractivity contribution is 5.96. The van der Waals surface area contributed by atoms with E-state index in [1.165, 1.54) is 14.1 Å². The molecule has 1 aromatic heterocycles. The molecular weight excluding hydrogens is 376 g/mol. The molecule has 1 rings (SSSR count). The fourth-order valence-electron chi connectivity index (χ4n) is 2.28. The van der Waals surface area contributed by atoms with Crippen LogP contribution in [0.1, 0.15) is 21.0 Å². The van der Waals surface area contributed by atoms with Crippen LogP contribution in [0.4, 0.5) is 0 Å². The number of amides is 2. The van der Waals surface area contributed by atoms with E-state index in [4.69, 9.17) is 0 Å². The summed E-state index contributed by atoms with van der Waals surface area (Å²) in [6.07, 6.45) is 2.12. The minimum absolute atomic E-state index is 0.302. The van der Waals surface area contributed by atoms with E-state index in [0.717, 1.165) is 22.2 Å². The standard InChI is InChI=1S/C16H26N4O8/c1-19(15(5-21,6-22)7-23)13(27)11-3-17-4-12(18-11)14(28)20(2)16(8-24,9-25)10-26/h3-4,21-26H,5-10H2,1-2H3. The molecule has 158 valence electrons. The van der Waals surface area contributed by atoms with Crippen LogP contribution in [0.3, 0.4) is 0 Å². The number of aromatic nitrogens is 2. The normalized spacial score (nSPS) is 12.0. The minimum atomic E-state index is -1.64. The third-order valence-electron chi connectivity index (χ3n) is 4.87. The molecule has 0 saturated heterocycles. The van der Waals surface area contributed by atoms with Gasteiger partial charge in [0.1, 0.15) is 22.5 Å². The summed E-state index contributed by atoms with van der Waals surface area (Å²) in [7, 11) is 2.48. The average molecular weight is 402 g/mol. The molecule has 0 fully saturated rings. The molecule has 12 heteroatoms. The van der Waals surface area contributed by atoms with Gasteiger partial charge in [0.05, 0.1) is 52.0 Å². The van der Waals surface area contributed by atoms with E-state index in [-0.39, 0.29) is 11.4 Å². The molecule has 2 amide bonds. The fourth-order valence-corrected chi connectivity index (χ4v) is 2.28. The Morgan fingerprint density at radius 2 is 1.04 bits per heavy atom. The number of aliphatic hydroxyl groups is 6. The molecular formula is C16H26N4O8. The number of hydrogen-bond donors (Lipinski definition) is 6. The summed E-state index contributed by atoms with van der Waals surface area (Å²) in [4.78, 5) is 34.7. The molecule has 0 spiro atoms. The van der Waals surface area contributed by atoms with Crippen LogP contribution >= 0.6 is 0 Å². The van der Waals surface area contributed by atoms with Crippen molar-refractivity contribution in [3.05, 3.63) is 23.8 Å². The Labute approximate surface area is 161 Å². The molecule has 1 heterocycles. The first-order chi connectivity index (χ1) is 13.2. The van der Waals surface area contributed by atoms with Crippen molar-refractivity contribution in [2.24, 2.45) is 0 Å². The van der Waals surface area contributed by atoms with Crippen molar-refractivity contribution in [2.75, 3.05) is 53.7 Å². The third kappa shape index (κ3) is 4.27. The molecule has 0 aliphatic heterocycles. The first-order valence-corrected chi connectivity index (χ1v) is 8.26. The van der Waals surface area contributed by atoms with E-state index in [9.17, 15) is 40.2 Å². The second-order valence-corrected chi connectivity index (χ2v) is 6.42.